The van der Waals surface area contributed by atoms with Crippen molar-refractivity contribution in [1.82, 2.24) is 0 Å². The number of aliphatic hydroxyl groups excluding tert-OH is 1. The predicted molar refractivity (Wildman–Crippen MR) is 72.2 cm³/mol. The number of aliphatic hydroxyl groups is 1. The second-order valence-electron chi connectivity index (χ2n) is 5.94. The number of phenolic OH excluding ortho intramolecular Hbond substituents is 1. The number of rotatable bonds is 1. The molecule has 2 N–H and O–H groups in total. The molecule has 0 spiro atoms. The van der Waals surface area contributed by atoms with Crippen LogP contribution in [-0.4, -0.2) is 16.3 Å². The van der Waals surface area contributed by atoms with Crippen LogP contribution in [0.5, 0.6) is 5.75 Å². The number of hydrogen-bond donors (Lipinski definition) is 2. The lowest BCUT2D eigenvalue weighted by Gasteiger charge is -2.37. The topological polar surface area (TPSA) is 40.5 Å². The molecule has 0 amide bonds. The van der Waals surface area contributed by atoms with Crippen LogP contribution < -0.4 is 0 Å². The molecule has 0 bridgehead atoms. The van der Waals surface area contributed by atoms with E-state index in [1.54, 1.807) is 12.1 Å². The Balaban J connectivity index is 1.90. The molecule has 1 aromatic rings. The Hall–Kier alpha value is -1.28. The van der Waals surface area contributed by atoms with E-state index in [1.807, 2.05) is 12.1 Å². The van der Waals surface area contributed by atoms with Crippen LogP contribution in [0.4, 0.5) is 0 Å². The van der Waals surface area contributed by atoms with E-state index in [4.69, 9.17) is 0 Å². The lowest BCUT2D eigenvalue weighted by atomic mass is 9.69. The van der Waals surface area contributed by atoms with E-state index in [0.29, 0.717) is 11.7 Å². The van der Waals surface area contributed by atoms with Gasteiger partial charge in [-0.15, -0.1) is 0 Å². The van der Waals surface area contributed by atoms with Crippen LogP contribution in [0.1, 0.15) is 38.2 Å². The molecule has 0 heterocycles. The van der Waals surface area contributed by atoms with Gasteiger partial charge < -0.3 is 10.2 Å². The first kappa shape index (κ1) is 11.8. The zero-order chi connectivity index (χ0) is 12.8. The molecular weight excluding hydrogens is 224 g/mol. The molecule has 2 heteroatoms. The van der Waals surface area contributed by atoms with Crippen molar-refractivity contribution in [3.8, 4) is 5.75 Å². The van der Waals surface area contributed by atoms with Crippen molar-refractivity contribution in [3.63, 3.8) is 0 Å². The van der Waals surface area contributed by atoms with Crippen molar-refractivity contribution in [2.75, 3.05) is 0 Å². The summed E-state index contributed by atoms with van der Waals surface area (Å²) in [7, 11) is 0. The first-order valence-electron chi connectivity index (χ1n) is 6.78. The summed E-state index contributed by atoms with van der Waals surface area (Å²) < 4.78 is 0. The van der Waals surface area contributed by atoms with Crippen LogP contribution in [0.2, 0.25) is 0 Å². The van der Waals surface area contributed by atoms with Gasteiger partial charge in [0.1, 0.15) is 5.75 Å². The van der Waals surface area contributed by atoms with E-state index in [-0.39, 0.29) is 11.5 Å². The van der Waals surface area contributed by atoms with Gasteiger partial charge in [0.15, 0.2) is 0 Å². The normalized spacial score (nSPS) is 35.1. The number of aromatic hydroxyl groups is 1. The molecule has 0 saturated heterocycles. The molecule has 96 valence electrons. The van der Waals surface area contributed by atoms with Crippen molar-refractivity contribution in [3.05, 3.63) is 35.9 Å². The highest BCUT2D eigenvalue weighted by molar-refractivity contribution is 5.67. The van der Waals surface area contributed by atoms with Gasteiger partial charge in [0.05, 0.1) is 6.10 Å². The largest absolute Gasteiger partial charge is 0.508 e. The highest BCUT2D eigenvalue weighted by Gasteiger charge is 2.46. The minimum absolute atomic E-state index is 0.0837. The second-order valence-corrected chi connectivity index (χ2v) is 5.94. The van der Waals surface area contributed by atoms with Gasteiger partial charge in [0, 0.05) is 5.41 Å². The molecule has 18 heavy (non-hydrogen) atoms. The van der Waals surface area contributed by atoms with Crippen LogP contribution in [0, 0.1) is 11.3 Å². The highest BCUT2D eigenvalue weighted by atomic mass is 16.3. The van der Waals surface area contributed by atoms with Gasteiger partial charge in [-0.25, -0.2) is 0 Å². The molecule has 0 unspecified atom stereocenters. The molecule has 0 aliphatic heterocycles. The van der Waals surface area contributed by atoms with Crippen molar-refractivity contribution in [1.29, 1.82) is 0 Å². The molecule has 2 aliphatic rings. The third-order valence-electron chi connectivity index (χ3n) is 4.93. The fourth-order valence-corrected chi connectivity index (χ4v) is 3.52. The molecule has 2 aliphatic carbocycles. The zero-order valence-electron chi connectivity index (χ0n) is 10.8. The molecule has 2 nitrogen and oxygen atoms in total. The number of allylic oxidation sites excluding steroid dienone is 2. The van der Waals surface area contributed by atoms with Crippen LogP contribution in [0.25, 0.3) is 5.57 Å². The molecular formula is C16H20O2. The fraction of sp³-hybridized carbons (Fsp3) is 0.500. The summed E-state index contributed by atoms with van der Waals surface area (Å²) >= 11 is 0. The number of fused-ring (bicyclic) bond motifs is 1. The van der Waals surface area contributed by atoms with E-state index < -0.39 is 0 Å². The maximum atomic E-state index is 10.1. The Labute approximate surface area is 108 Å². The number of benzene rings is 1. The average molecular weight is 244 g/mol. The van der Waals surface area contributed by atoms with Crippen LogP contribution in [0.3, 0.4) is 0 Å². The zero-order valence-corrected chi connectivity index (χ0v) is 10.8. The lowest BCUT2D eigenvalue weighted by molar-refractivity contribution is 0.0419. The Morgan fingerprint density at radius 3 is 2.61 bits per heavy atom. The maximum Gasteiger partial charge on any atom is 0.115 e. The molecule has 1 saturated carbocycles. The van der Waals surface area contributed by atoms with Crippen LogP contribution in [-0.2, 0) is 0 Å². The SMILES string of the molecule is C[C@]12CCC(c3ccc(O)cc3)=C[C@H]1CC[C@@H]2O. The molecule has 1 fully saturated rings. The summed E-state index contributed by atoms with van der Waals surface area (Å²) in [5.74, 6) is 0.821. The third kappa shape index (κ3) is 1.76. The minimum atomic E-state index is -0.139. The summed E-state index contributed by atoms with van der Waals surface area (Å²) in [6.07, 6.45) is 6.33. The van der Waals surface area contributed by atoms with Gasteiger partial charge in [-0.05, 0) is 54.9 Å². The summed E-state index contributed by atoms with van der Waals surface area (Å²) in [6, 6.07) is 7.45. The quantitative estimate of drug-likeness (QED) is 0.795. The van der Waals surface area contributed by atoms with E-state index >= 15 is 0 Å². The van der Waals surface area contributed by atoms with Crippen LogP contribution in [0.15, 0.2) is 30.3 Å². The highest BCUT2D eigenvalue weighted by Crippen LogP contribution is 2.52. The fourth-order valence-electron chi connectivity index (χ4n) is 3.52. The van der Waals surface area contributed by atoms with E-state index in [1.165, 1.54) is 11.1 Å². The van der Waals surface area contributed by atoms with Gasteiger partial charge in [-0.2, -0.15) is 0 Å². The van der Waals surface area contributed by atoms with Gasteiger partial charge in [0.25, 0.3) is 0 Å². The van der Waals surface area contributed by atoms with Gasteiger partial charge in [0.2, 0.25) is 0 Å². The first-order valence-corrected chi connectivity index (χ1v) is 6.78. The third-order valence-corrected chi connectivity index (χ3v) is 4.93. The predicted octanol–water partition coefficient (Wildman–Crippen LogP) is 3.35. The van der Waals surface area contributed by atoms with Crippen molar-refractivity contribution in [2.45, 2.75) is 38.7 Å². The van der Waals surface area contributed by atoms with Gasteiger partial charge in [-0.3, -0.25) is 0 Å². The molecule has 1 aromatic carbocycles. The Kier molecular flexibility index (Phi) is 2.70. The van der Waals surface area contributed by atoms with E-state index in [9.17, 15) is 10.2 Å². The summed E-state index contributed by atoms with van der Waals surface area (Å²) in [4.78, 5) is 0. The Morgan fingerprint density at radius 2 is 1.89 bits per heavy atom. The van der Waals surface area contributed by atoms with Crippen molar-refractivity contribution < 1.29 is 10.2 Å². The van der Waals surface area contributed by atoms with Gasteiger partial charge >= 0.3 is 0 Å². The summed E-state index contributed by atoms with van der Waals surface area (Å²) in [5, 5.41) is 19.4. The average Bonchev–Trinajstić information content (AvgIpc) is 2.66. The van der Waals surface area contributed by atoms with Crippen molar-refractivity contribution in [2.24, 2.45) is 11.3 Å². The van der Waals surface area contributed by atoms with Gasteiger partial charge in [-0.1, -0.05) is 25.1 Å². The summed E-state index contributed by atoms with van der Waals surface area (Å²) in [5.41, 5.74) is 2.66. The van der Waals surface area contributed by atoms with E-state index in [0.717, 1.165) is 25.7 Å². The summed E-state index contributed by atoms with van der Waals surface area (Å²) in [6.45, 7) is 2.22. The first-order chi connectivity index (χ1) is 8.59. The molecule has 3 atom stereocenters. The number of hydrogen-bond acceptors (Lipinski definition) is 2. The van der Waals surface area contributed by atoms with E-state index in [2.05, 4.69) is 13.0 Å². The Morgan fingerprint density at radius 1 is 1.17 bits per heavy atom. The molecule has 0 aromatic heterocycles. The smallest absolute Gasteiger partial charge is 0.115 e. The maximum absolute atomic E-state index is 10.1. The molecule has 0 radical (unpaired) electrons. The Bertz CT molecular complexity index is 474. The molecule has 3 rings (SSSR count). The minimum Gasteiger partial charge on any atom is -0.508 e. The monoisotopic (exact) mass is 244 g/mol. The van der Waals surface area contributed by atoms with Crippen molar-refractivity contribution >= 4 is 5.57 Å². The number of phenols is 1. The standard InChI is InChI=1S/C16H20O2/c1-16-9-8-12(10-13(16)4-7-15(16)18)11-2-5-14(17)6-3-11/h2-3,5-6,10,13,15,17-18H,4,7-9H2,1H3/t13-,15+,16+/m1/s1. The second kappa shape index (κ2) is 4.13. The van der Waals surface area contributed by atoms with Crippen LogP contribution >= 0.6 is 0 Å². The lowest BCUT2D eigenvalue weighted by Crippen LogP contribution is -2.33.